The van der Waals surface area contributed by atoms with E-state index in [2.05, 4.69) is 23.5 Å². The molecule has 1 aromatic carbocycles. The minimum Gasteiger partial charge on any atom is -0.497 e. The van der Waals surface area contributed by atoms with Crippen LogP contribution in [0.4, 0.5) is 0 Å². The monoisotopic (exact) mass is 203 g/mol. The normalized spacial score (nSPS) is 21.9. The number of hydrogen-bond acceptors (Lipinski definition) is 2. The lowest BCUT2D eigenvalue weighted by molar-refractivity contribution is 0.413. The lowest BCUT2D eigenvalue weighted by Crippen LogP contribution is -2.32. The molecule has 0 bridgehead atoms. The van der Waals surface area contributed by atoms with E-state index < -0.39 is 0 Å². The summed E-state index contributed by atoms with van der Waals surface area (Å²) in [7, 11) is 1.74. The second-order valence-electron chi connectivity index (χ2n) is 4.77. The van der Waals surface area contributed by atoms with E-state index in [4.69, 9.17) is 4.74 Å². The molecule has 2 aliphatic rings. The molecule has 0 atom stereocenters. The molecule has 1 fully saturated rings. The summed E-state index contributed by atoms with van der Waals surface area (Å²) in [6.45, 7) is 1.12. The number of ether oxygens (including phenoxy) is 1. The van der Waals surface area contributed by atoms with Gasteiger partial charge in [-0.3, -0.25) is 0 Å². The number of nitrogens with one attached hydrogen (secondary N) is 1. The third kappa shape index (κ3) is 1.63. The first-order valence-corrected chi connectivity index (χ1v) is 5.72. The third-order valence-corrected chi connectivity index (χ3v) is 3.69. The zero-order valence-corrected chi connectivity index (χ0v) is 9.18. The van der Waals surface area contributed by atoms with Crippen LogP contribution < -0.4 is 10.1 Å². The lowest BCUT2D eigenvalue weighted by atomic mass is 9.99. The Bertz CT molecular complexity index is 382. The van der Waals surface area contributed by atoms with Crippen LogP contribution in [0.5, 0.6) is 5.75 Å². The highest BCUT2D eigenvalue weighted by molar-refractivity contribution is 5.39. The first-order chi connectivity index (χ1) is 7.31. The molecule has 3 rings (SSSR count). The van der Waals surface area contributed by atoms with Crippen LogP contribution in [0.1, 0.15) is 24.0 Å². The van der Waals surface area contributed by atoms with Crippen molar-refractivity contribution < 1.29 is 4.74 Å². The maximum atomic E-state index is 5.29. The van der Waals surface area contributed by atoms with Gasteiger partial charge < -0.3 is 10.1 Å². The molecule has 1 saturated carbocycles. The third-order valence-electron chi connectivity index (χ3n) is 3.69. The van der Waals surface area contributed by atoms with Crippen molar-refractivity contribution in [2.45, 2.75) is 31.2 Å². The molecule has 80 valence electrons. The summed E-state index contributed by atoms with van der Waals surface area (Å²) in [5.41, 5.74) is 3.42. The van der Waals surface area contributed by atoms with Crippen molar-refractivity contribution in [3.8, 4) is 5.75 Å². The van der Waals surface area contributed by atoms with Gasteiger partial charge in [0, 0.05) is 5.54 Å². The number of rotatable bonds is 1. The van der Waals surface area contributed by atoms with Gasteiger partial charge in [0.1, 0.15) is 5.75 Å². The highest BCUT2D eigenvalue weighted by Crippen LogP contribution is 2.41. The van der Waals surface area contributed by atoms with Crippen LogP contribution in [0, 0.1) is 0 Å². The summed E-state index contributed by atoms with van der Waals surface area (Å²) in [4.78, 5) is 0. The van der Waals surface area contributed by atoms with Crippen molar-refractivity contribution in [2.75, 3.05) is 13.7 Å². The molecule has 1 heterocycles. The number of fused-ring (bicyclic) bond motifs is 1. The smallest absolute Gasteiger partial charge is 0.119 e. The summed E-state index contributed by atoms with van der Waals surface area (Å²) in [6, 6.07) is 6.50. The van der Waals surface area contributed by atoms with E-state index in [0.29, 0.717) is 5.54 Å². The minimum atomic E-state index is 0.442. The van der Waals surface area contributed by atoms with Gasteiger partial charge in [-0.05, 0) is 55.5 Å². The van der Waals surface area contributed by atoms with E-state index >= 15 is 0 Å². The molecule has 2 heteroatoms. The predicted molar refractivity (Wildman–Crippen MR) is 60.4 cm³/mol. The first kappa shape index (κ1) is 9.22. The Labute approximate surface area is 90.6 Å². The van der Waals surface area contributed by atoms with Gasteiger partial charge in [-0.2, -0.15) is 0 Å². The molecule has 1 aromatic rings. The van der Waals surface area contributed by atoms with E-state index in [1.54, 1.807) is 7.11 Å². The van der Waals surface area contributed by atoms with E-state index in [0.717, 1.165) is 18.7 Å². The van der Waals surface area contributed by atoms with E-state index in [-0.39, 0.29) is 0 Å². The second-order valence-corrected chi connectivity index (χ2v) is 4.77. The van der Waals surface area contributed by atoms with Crippen LogP contribution in [-0.4, -0.2) is 19.2 Å². The molecule has 0 radical (unpaired) electrons. The number of methoxy groups -OCH3 is 1. The Morgan fingerprint density at radius 2 is 2.13 bits per heavy atom. The van der Waals surface area contributed by atoms with Crippen LogP contribution >= 0.6 is 0 Å². The molecular weight excluding hydrogens is 186 g/mol. The highest BCUT2D eigenvalue weighted by atomic mass is 16.5. The Morgan fingerprint density at radius 3 is 2.87 bits per heavy atom. The quantitative estimate of drug-likeness (QED) is 0.753. The highest BCUT2D eigenvalue weighted by Gasteiger charge is 2.43. The van der Waals surface area contributed by atoms with Crippen molar-refractivity contribution in [1.29, 1.82) is 0 Å². The van der Waals surface area contributed by atoms with E-state index in [1.165, 1.54) is 30.4 Å². The average Bonchev–Trinajstić information content (AvgIpc) is 3.03. The van der Waals surface area contributed by atoms with Gasteiger partial charge in [0.15, 0.2) is 0 Å². The first-order valence-electron chi connectivity index (χ1n) is 5.72. The average molecular weight is 203 g/mol. The fourth-order valence-corrected chi connectivity index (χ4v) is 2.53. The van der Waals surface area contributed by atoms with Gasteiger partial charge in [-0.1, -0.05) is 6.07 Å². The Kier molecular flexibility index (Phi) is 1.99. The van der Waals surface area contributed by atoms with Crippen LogP contribution in [0.15, 0.2) is 18.2 Å². The summed E-state index contributed by atoms with van der Waals surface area (Å²) in [5.74, 6) is 0.992. The second kappa shape index (κ2) is 3.24. The maximum absolute atomic E-state index is 5.29. The number of hydrogen-bond donors (Lipinski definition) is 1. The molecule has 15 heavy (non-hydrogen) atoms. The largest absolute Gasteiger partial charge is 0.497 e. The molecule has 2 nitrogen and oxygen atoms in total. The molecule has 0 amide bonds. The predicted octanol–water partition coefficient (Wildman–Crippen LogP) is 1.92. The van der Waals surface area contributed by atoms with Gasteiger partial charge in [0.2, 0.25) is 0 Å². The van der Waals surface area contributed by atoms with Crippen LogP contribution in [0.2, 0.25) is 0 Å². The summed E-state index contributed by atoms with van der Waals surface area (Å²) >= 11 is 0. The van der Waals surface area contributed by atoms with Crippen molar-refractivity contribution in [3.63, 3.8) is 0 Å². The summed E-state index contributed by atoms with van der Waals surface area (Å²) in [6.07, 6.45) is 5.01. The Balaban J connectivity index is 1.97. The molecule has 1 spiro atoms. The fourth-order valence-electron chi connectivity index (χ4n) is 2.53. The molecule has 1 N–H and O–H groups in total. The van der Waals surface area contributed by atoms with Crippen molar-refractivity contribution in [2.24, 2.45) is 0 Å². The van der Waals surface area contributed by atoms with Crippen molar-refractivity contribution >= 4 is 0 Å². The maximum Gasteiger partial charge on any atom is 0.119 e. The number of benzene rings is 1. The molecule has 0 aromatic heterocycles. The molecule has 1 aliphatic carbocycles. The van der Waals surface area contributed by atoms with Gasteiger partial charge in [-0.25, -0.2) is 0 Å². The minimum absolute atomic E-state index is 0.442. The van der Waals surface area contributed by atoms with Gasteiger partial charge in [0.25, 0.3) is 0 Å². The Morgan fingerprint density at radius 1 is 1.27 bits per heavy atom. The Hall–Kier alpha value is -1.02. The lowest BCUT2D eigenvalue weighted by Gasteiger charge is -2.14. The molecule has 0 unspecified atom stereocenters. The molecule has 1 aliphatic heterocycles. The standard InChI is InChI=1S/C13H17NO/c1-15-12-3-2-10-4-7-14-13(5-6-13)9-11(10)8-12/h2-3,8,14H,4-7,9H2,1H3. The molecule has 0 saturated heterocycles. The van der Waals surface area contributed by atoms with E-state index in [9.17, 15) is 0 Å². The van der Waals surface area contributed by atoms with Crippen molar-refractivity contribution in [3.05, 3.63) is 29.3 Å². The van der Waals surface area contributed by atoms with Crippen LogP contribution in [0.3, 0.4) is 0 Å². The van der Waals surface area contributed by atoms with Gasteiger partial charge in [-0.15, -0.1) is 0 Å². The van der Waals surface area contributed by atoms with E-state index in [1.807, 2.05) is 0 Å². The van der Waals surface area contributed by atoms with Crippen molar-refractivity contribution in [1.82, 2.24) is 5.32 Å². The zero-order chi connectivity index (χ0) is 10.3. The van der Waals surface area contributed by atoms with Crippen LogP contribution in [-0.2, 0) is 12.8 Å². The fraction of sp³-hybridized carbons (Fsp3) is 0.538. The zero-order valence-electron chi connectivity index (χ0n) is 9.18. The summed E-state index contributed by atoms with van der Waals surface area (Å²) in [5, 5.41) is 3.68. The SMILES string of the molecule is COc1ccc2c(c1)CC1(CC1)NCC2. The topological polar surface area (TPSA) is 21.3 Å². The van der Waals surface area contributed by atoms with Crippen LogP contribution in [0.25, 0.3) is 0 Å². The van der Waals surface area contributed by atoms with Gasteiger partial charge in [0.05, 0.1) is 7.11 Å². The summed E-state index contributed by atoms with van der Waals surface area (Å²) < 4.78 is 5.29. The van der Waals surface area contributed by atoms with Gasteiger partial charge >= 0.3 is 0 Å². The molecular formula is C13H17NO.